The van der Waals surface area contributed by atoms with E-state index < -0.39 is 17.5 Å². The second-order valence-electron chi connectivity index (χ2n) is 6.28. The first kappa shape index (κ1) is 18.9. The van der Waals surface area contributed by atoms with Crippen molar-refractivity contribution in [2.24, 2.45) is 0 Å². The van der Waals surface area contributed by atoms with Crippen LogP contribution < -0.4 is 5.32 Å². The lowest BCUT2D eigenvalue weighted by Gasteiger charge is -2.26. The molecule has 2 aromatic rings. The average Bonchev–Trinajstić information content (AvgIpc) is 2.93. The van der Waals surface area contributed by atoms with E-state index in [-0.39, 0.29) is 12.5 Å². The topological polar surface area (TPSA) is 75.7 Å². The number of methoxy groups -OCH3 is 1. The van der Waals surface area contributed by atoms with Crippen LogP contribution in [0.15, 0.2) is 48.5 Å². The maximum absolute atomic E-state index is 13.1. The van der Waals surface area contributed by atoms with Crippen LogP contribution in [0.1, 0.15) is 34.8 Å². The number of amides is 3. The standard InChI is InChI=1S/C20H19ClN2O4/c1-3-20(15-8-10-16(21)11-9-15)18(25)23(19(26)22-20)12-13-4-6-14(7-5-13)17(24)27-2/h4-11H,3,12H2,1-2H3,(H,22,26)/t20-/m1/s1. The Morgan fingerprint density at radius 3 is 2.30 bits per heavy atom. The Morgan fingerprint density at radius 1 is 1.11 bits per heavy atom. The molecule has 1 heterocycles. The van der Waals surface area contributed by atoms with Gasteiger partial charge in [-0.1, -0.05) is 42.8 Å². The SMILES string of the molecule is CC[C@]1(c2ccc(Cl)cc2)NC(=O)N(Cc2ccc(C(=O)OC)cc2)C1=O. The van der Waals surface area contributed by atoms with Crippen molar-refractivity contribution < 1.29 is 19.1 Å². The molecule has 0 radical (unpaired) electrons. The highest BCUT2D eigenvalue weighted by atomic mass is 35.5. The molecule has 1 aliphatic rings. The summed E-state index contributed by atoms with van der Waals surface area (Å²) in [5.41, 5.74) is 0.723. The first-order valence-electron chi connectivity index (χ1n) is 8.48. The summed E-state index contributed by atoms with van der Waals surface area (Å²) in [5.74, 6) is -0.751. The van der Waals surface area contributed by atoms with Gasteiger partial charge in [-0.05, 0) is 41.8 Å². The van der Waals surface area contributed by atoms with Crippen LogP contribution >= 0.6 is 11.6 Å². The van der Waals surface area contributed by atoms with E-state index in [1.807, 2.05) is 6.92 Å². The van der Waals surface area contributed by atoms with Gasteiger partial charge in [0.05, 0.1) is 19.2 Å². The van der Waals surface area contributed by atoms with Crippen molar-refractivity contribution >= 4 is 29.5 Å². The Balaban J connectivity index is 1.85. The molecule has 1 atom stereocenters. The quantitative estimate of drug-likeness (QED) is 0.630. The highest BCUT2D eigenvalue weighted by Crippen LogP contribution is 2.33. The molecule has 0 saturated carbocycles. The molecule has 140 valence electrons. The summed E-state index contributed by atoms with van der Waals surface area (Å²) >= 11 is 5.94. The van der Waals surface area contributed by atoms with Gasteiger partial charge in [0, 0.05) is 5.02 Å². The number of ether oxygens (including phenoxy) is 1. The van der Waals surface area contributed by atoms with Gasteiger partial charge >= 0.3 is 12.0 Å². The minimum atomic E-state index is -1.10. The summed E-state index contributed by atoms with van der Waals surface area (Å²) in [6.07, 6.45) is 0.414. The smallest absolute Gasteiger partial charge is 0.337 e. The normalized spacial score (nSPS) is 19.1. The predicted octanol–water partition coefficient (Wildman–Crippen LogP) is 3.48. The number of benzene rings is 2. The molecule has 1 saturated heterocycles. The van der Waals surface area contributed by atoms with E-state index in [1.54, 1.807) is 48.5 Å². The fourth-order valence-electron chi connectivity index (χ4n) is 3.19. The largest absolute Gasteiger partial charge is 0.465 e. The molecule has 0 bridgehead atoms. The number of nitrogens with one attached hydrogen (secondary N) is 1. The summed E-state index contributed by atoms with van der Waals surface area (Å²) in [6, 6.07) is 13.0. The molecule has 1 N–H and O–H groups in total. The van der Waals surface area contributed by atoms with Gasteiger partial charge in [-0.15, -0.1) is 0 Å². The molecule has 7 heteroatoms. The van der Waals surface area contributed by atoms with Gasteiger partial charge in [0.1, 0.15) is 5.54 Å². The Morgan fingerprint density at radius 2 is 1.74 bits per heavy atom. The van der Waals surface area contributed by atoms with Crippen LogP contribution in [0.5, 0.6) is 0 Å². The molecule has 1 aliphatic heterocycles. The van der Waals surface area contributed by atoms with E-state index in [0.717, 1.165) is 5.56 Å². The van der Waals surface area contributed by atoms with E-state index in [2.05, 4.69) is 10.1 Å². The van der Waals surface area contributed by atoms with E-state index in [9.17, 15) is 14.4 Å². The Bertz CT molecular complexity index is 880. The van der Waals surface area contributed by atoms with Crippen LogP contribution in [0.25, 0.3) is 0 Å². The van der Waals surface area contributed by atoms with Gasteiger partial charge in [-0.2, -0.15) is 0 Å². The molecule has 0 spiro atoms. The number of hydrogen-bond acceptors (Lipinski definition) is 4. The van der Waals surface area contributed by atoms with E-state index >= 15 is 0 Å². The van der Waals surface area contributed by atoms with Crippen molar-refractivity contribution in [1.82, 2.24) is 10.2 Å². The van der Waals surface area contributed by atoms with Crippen molar-refractivity contribution in [3.05, 3.63) is 70.2 Å². The predicted molar refractivity (Wildman–Crippen MR) is 100 cm³/mol. The van der Waals surface area contributed by atoms with E-state index in [1.165, 1.54) is 12.0 Å². The number of rotatable bonds is 5. The van der Waals surface area contributed by atoms with Crippen LogP contribution in [0, 0.1) is 0 Å². The van der Waals surface area contributed by atoms with Gasteiger partial charge in [-0.25, -0.2) is 9.59 Å². The van der Waals surface area contributed by atoms with Crippen molar-refractivity contribution in [3.8, 4) is 0 Å². The number of urea groups is 1. The second-order valence-corrected chi connectivity index (χ2v) is 6.71. The summed E-state index contributed by atoms with van der Waals surface area (Å²) < 4.78 is 4.67. The maximum Gasteiger partial charge on any atom is 0.337 e. The summed E-state index contributed by atoms with van der Waals surface area (Å²) in [5, 5.41) is 3.39. The molecule has 0 unspecified atom stereocenters. The first-order valence-corrected chi connectivity index (χ1v) is 8.86. The summed E-state index contributed by atoms with van der Waals surface area (Å²) in [6.45, 7) is 1.96. The van der Waals surface area contributed by atoms with Gasteiger partial charge in [0.25, 0.3) is 5.91 Å². The van der Waals surface area contributed by atoms with Gasteiger partial charge in [0.15, 0.2) is 0 Å². The van der Waals surface area contributed by atoms with Crippen LogP contribution in [-0.2, 0) is 21.6 Å². The molecule has 1 fully saturated rings. The zero-order valence-corrected chi connectivity index (χ0v) is 15.7. The van der Waals surface area contributed by atoms with E-state index in [4.69, 9.17) is 11.6 Å². The lowest BCUT2D eigenvalue weighted by atomic mass is 9.87. The van der Waals surface area contributed by atoms with Crippen LogP contribution in [0.2, 0.25) is 5.02 Å². The fraction of sp³-hybridized carbons (Fsp3) is 0.250. The molecule has 3 amide bonds. The lowest BCUT2D eigenvalue weighted by Crippen LogP contribution is -2.43. The maximum atomic E-state index is 13.1. The first-order chi connectivity index (χ1) is 12.9. The van der Waals surface area contributed by atoms with Crippen LogP contribution in [0.3, 0.4) is 0 Å². The third kappa shape index (κ3) is 3.40. The van der Waals surface area contributed by atoms with Crippen LogP contribution in [0.4, 0.5) is 4.79 Å². The molecule has 6 nitrogen and oxygen atoms in total. The molecule has 0 aliphatic carbocycles. The highest BCUT2D eigenvalue weighted by Gasteiger charge is 2.51. The minimum Gasteiger partial charge on any atom is -0.465 e. The summed E-state index contributed by atoms with van der Waals surface area (Å²) in [4.78, 5) is 38.3. The van der Waals surface area contributed by atoms with Crippen molar-refractivity contribution in [1.29, 1.82) is 0 Å². The average molecular weight is 387 g/mol. The third-order valence-corrected chi connectivity index (χ3v) is 5.01. The third-order valence-electron chi connectivity index (χ3n) is 4.76. The molecular formula is C20H19ClN2O4. The number of imide groups is 1. The fourth-order valence-corrected chi connectivity index (χ4v) is 3.32. The zero-order chi connectivity index (χ0) is 19.6. The van der Waals surface area contributed by atoms with Gasteiger partial charge in [-0.3, -0.25) is 9.69 Å². The monoisotopic (exact) mass is 386 g/mol. The number of carbonyl (C=O) groups excluding carboxylic acids is 3. The molecule has 3 rings (SSSR count). The van der Waals surface area contributed by atoms with Crippen LogP contribution in [-0.4, -0.2) is 29.9 Å². The molecule has 0 aromatic heterocycles. The number of carbonyl (C=O) groups is 3. The molecule has 2 aromatic carbocycles. The summed E-state index contributed by atoms with van der Waals surface area (Å²) in [7, 11) is 1.31. The molecule has 27 heavy (non-hydrogen) atoms. The Hall–Kier alpha value is -2.86. The van der Waals surface area contributed by atoms with Gasteiger partial charge in [0.2, 0.25) is 0 Å². The van der Waals surface area contributed by atoms with E-state index in [0.29, 0.717) is 22.6 Å². The lowest BCUT2D eigenvalue weighted by molar-refractivity contribution is -0.132. The number of nitrogens with zero attached hydrogens (tertiary/aromatic N) is 1. The van der Waals surface area contributed by atoms with Crippen molar-refractivity contribution in [2.75, 3.05) is 7.11 Å². The number of halogens is 1. The van der Waals surface area contributed by atoms with Gasteiger partial charge < -0.3 is 10.1 Å². The second kappa shape index (κ2) is 7.40. The Labute approximate surface area is 162 Å². The Kier molecular flexibility index (Phi) is 5.19. The number of hydrogen-bond donors (Lipinski definition) is 1. The number of esters is 1. The zero-order valence-electron chi connectivity index (χ0n) is 15.0. The minimum absolute atomic E-state index is 0.113. The van der Waals surface area contributed by atoms with Crippen molar-refractivity contribution in [3.63, 3.8) is 0 Å². The highest BCUT2D eigenvalue weighted by molar-refractivity contribution is 6.30. The molecular weight excluding hydrogens is 368 g/mol. The van der Waals surface area contributed by atoms with Crippen molar-refractivity contribution in [2.45, 2.75) is 25.4 Å².